The van der Waals surface area contributed by atoms with E-state index in [-0.39, 0.29) is 23.6 Å². The predicted octanol–water partition coefficient (Wildman–Crippen LogP) is 4.52. The molecule has 33 heavy (non-hydrogen) atoms. The Morgan fingerprint density at radius 3 is 2.79 bits per heavy atom. The standard InChI is InChI=1S/C24H30N4O4S/c1-16(2)23-25-26-24(28(23)14-18-7-6-12-32-18)33-15-22(29)27-11-5-8-20(27)19-13-17(30-3)9-10-21(19)31-4/h6-7,9-10,12-13,16,20H,5,8,11,14-15H2,1-4H3. The summed E-state index contributed by atoms with van der Waals surface area (Å²) in [5, 5.41) is 9.46. The van der Waals surface area contributed by atoms with Gasteiger partial charge >= 0.3 is 0 Å². The van der Waals surface area contributed by atoms with Crippen LogP contribution in [0.4, 0.5) is 0 Å². The van der Waals surface area contributed by atoms with Gasteiger partial charge in [0.15, 0.2) is 5.16 Å². The summed E-state index contributed by atoms with van der Waals surface area (Å²) in [4.78, 5) is 15.2. The molecule has 1 saturated heterocycles. The minimum atomic E-state index is -0.0321. The van der Waals surface area contributed by atoms with Gasteiger partial charge in [0.25, 0.3) is 0 Å². The summed E-state index contributed by atoms with van der Waals surface area (Å²) < 4.78 is 18.5. The average molecular weight is 471 g/mol. The Morgan fingerprint density at radius 1 is 1.24 bits per heavy atom. The molecule has 1 unspecified atom stereocenters. The van der Waals surface area contributed by atoms with Gasteiger partial charge in [0.1, 0.15) is 23.1 Å². The fourth-order valence-electron chi connectivity index (χ4n) is 4.24. The third-order valence-electron chi connectivity index (χ3n) is 5.85. The van der Waals surface area contributed by atoms with Crippen molar-refractivity contribution in [2.75, 3.05) is 26.5 Å². The lowest BCUT2D eigenvalue weighted by molar-refractivity contribution is -0.129. The van der Waals surface area contributed by atoms with Crippen molar-refractivity contribution in [2.24, 2.45) is 0 Å². The van der Waals surface area contributed by atoms with Crippen molar-refractivity contribution in [3.05, 3.63) is 53.7 Å². The van der Waals surface area contributed by atoms with E-state index in [2.05, 4.69) is 24.0 Å². The van der Waals surface area contributed by atoms with Gasteiger partial charge in [-0.3, -0.25) is 9.36 Å². The Hall–Kier alpha value is -2.94. The summed E-state index contributed by atoms with van der Waals surface area (Å²) in [6, 6.07) is 9.50. The normalized spacial score (nSPS) is 15.9. The van der Waals surface area contributed by atoms with Gasteiger partial charge in [-0.15, -0.1) is 10.2 Å². The van der Waals surface area contributed by atoms with Gasteiger partial charge in [0.05, 0.1) is 38.8 Å². The summed E-state index contributed by atoms with van der Waals surface area (Å²) in [6.45, 7) is 5.43. The van der Waals surface area contributed by atoms with Crippen molar-refractivity contribution in [1.82, 2.24) is 19.7 Å². The van der Waals surface area contributed by atoms with Crippen LogP contribution in [-0.4, -0.2) is 52.1 Å². The molecule has 1 aromatic carbocycles. The zero-order valence-corrected chi connectivity index (χ0v) is 20.3. The fourth-order valence-corrected chi connectivity index (χ4v) is 5.07. The maximum Gasteiger partial charge on any atom is 0.233 e. The number of amides is 1. The highest BCUT2D eigenvalue weighted by molar-refractivity contribution is 7.99. The van der Waals surface area contributed by atoms with Crippen LogP contribution in [0.3, 0.4) is 0 Å². The molecule has 9 heteroatoms. The number of aromatic nitrogens is 3. The molecular weight excluding hydrogens is 440 g/mol. The van der Waals surface area contributed by atoms with Gasteiger partial charge in [-0.05, 0) is 43.2 Å². The SMILES string of the molecule is COc1ccc(OC)c(C2CCCN2C(=O)CSc2nnc(C(C)C)n2Cc2ccco2)c1. The first-order chi connectivity index (χ1) is 16.0. The van der Waals surface area contributed by atoms with E-state index >= 15 is 0 Å². The third kappa shape index (κ3) is 5.03. The van der Waals surface area contributed by atoms with Crippen molar-refractivity contribution in [1.29, 1.82) is 0 Å². The number of methoxy groups -OCH3 is 2. The number of hydrogen-bond acceptors (Lipinski definition) is 7. The second-order valence-corrected chi connectivity index (χ2v) is 9.25. The van der Waals surface area contributed by atoms with Crippen LogP contribution in [0.2, 0.25) is 0 Å². The number of furan rings is 1. The van der Waals surface area contributed by atoms with E-state index < -0.39 is 0 Å². The Morgan fingerprint density at radius 2 is 2.09 bits per heavy atom. The van der Waals surface area contributed by atoms with E-state index in [0.29, 0.717) is 6.54 Å². The molecule has 1 fully saturated rings. The molecular formula is C24H30N4O4S. The number of rotatable bonds is 9. The molecule has 0 saturated carbocycles. The molecule has 0 radical (unpaired) electrons. The van der Waals surface area contributed by atoms with Crippen LogP contribution in [0.15, 0.2) is 46.2 Å². The first-order valence-electron chi connectivity index (χ1n) is 11.1. The topological polar surface area (TPSA) is 82.6 Å². The molecule has 3 heterocycles. The Labute approximate surface area is 198 Å². The monoisotopic (exact) mass is 470 g/mol. The van der Waals surface area contributed by atoms with Crippen LogP contribution < -0.4 is 9.47 Å². The summed E-state index contributed by atoms with van der Waals surface area (Å²) in [5.74, 6) is 3.81. The number of carbonyl (C=O) groups excluding carboxylic acids is 1. The van der Waals surface area contributed by atoms with Crippen molar-refractivity contribution in [3.63, 3.8) is 0 Å². The number of ether oxygens (including phenoxy) is 2. The smallest absolute Gasteiger partial charge is 0.233 e. The van der Waals surface area contributed by atoms with Crippen LogP contribution >= 0.6 is 11.8 Å². The highest BCUT2D eigenvalue weighted by Gasteiger charge is 2.32. The summed E-state index contributed by atoms with van der Waals surface area (Å²) in [6.07, 6.45) is 3.51. The van der Waals surface area contributed by atoms with E-state index in [9.17, 15) is 4.79 Å². The minimum absolute atomic E-state index is 0.0321. The highest BCUT2D eigenvalue weighted by atomic mass is 32.2. The van der Waals surface area contributed by atoms with Crippen LogP contribution in [0.5, 0.6) is 11.5 Å². The minimum Gasteiger partial charge on any atom is -0.497 e. The number of thioether (sulfide) groups is 1. The fraction of sp³-hybridized carbons (Fsp3) is 0.458. The van der Waals surface area contributed by atoms with E-state index in [1.807, 2.05) is 39.8 Å². The quantitative estimate of drug-likeness (QED) is 0.425. The third-order valence-corrected chi connectivity index (χ3v) is 6.80. The molecule has 0 N–H and O–H groups in total. The van der Waals surface area contributed by atoms with Crippen LogP contribution in [0, 0.1) is 0 Å². The predicted molar refractivity (Wildman–Crippen MR) is 126 cm³/mol. The first-order valence-corrected chi connectivity index (χ1v) is 12.1. The molecule has 0 aliphatic carbocycles. The van der Waals surface area contributed by atoms with Gasteiger partial charge < -0.3 is 18.8 Å². The second kappa shape index (κ2) is 10.3. The summed E-state index contributed by atoms with van der Waals surface area (Å²) >= 11 is 1.42. The largest absolute Gasteiger partial charge is 0.497 e. The lowest BCUT2D eigenvalue weighted by Crippen LogP contribution is -2.32. The molecule has 0 spiro atoms. The average Bonchev–Trinajstić information content (AvgIpc) is 3.58. The van der Waals surface area contributed by atoms with Crippen molar-refractivity contribution in [3.8, 4) is 11.5 Å². The van der Waals surface area contributed by atoms with Gasteiger partial charge in [0.2, 0.25) is 5.91 Å². The van der Waals surface area contributed by atoms with Crippen LogP contribution in [0.25, 0.3) is 0 Å². The molecule has 1 amide bonds. The lowest BCUT2D eigenvalue weighted by atomic mass is 10.0. The maximum atomic E-state index is 13.3. The molecule has 176 valence electrons. The van der Waals surface area contributed by atoms with Crippen molar-refractivity contribution < 1.29 is 18.7 Å². The number of nitrogens with zero attached hydrogens (tertiary/aromatic N) is 4. The highest BCUT2D eigenvalue weighted by Crippen LogP contribution is 2.39. The lowest BCUT2D eigenvalue weighted by Gasteiger charge is -2.26. The van der Waals surface area contributed by atoms with Crippen LogP contribution in [-0.2, 0) is 11.3 Å². The number of benzene rings is 1. The molecule has 1 aliphatic rings. The Kier molecular flexibility index (Phi) is 7.27. The van der Waals surface area contributed by atoms with E-state index in [1.165, 1.54) is 11.8 Å². The molecule has 1 aliphatic heterocycles. The molecule has 8 nitrogen and oxygen atoms in total. The van der Waals surface area contributed by atoms with Gasteiger partial charge in [-0.1, -0.05) is 25.6 Å². The molecule has 1 atom stereocenters. The summed E-state index contributed by atoms with van der Waals surface area (Å²) in [5.41, 5.74) is 0.982. The van der Waals surface area contributed by atoms with E-state index in [0.717, 1.165) is 53.2 Å². The molecule has 0 bridgehead atoms. The van der Waals surface area contributed by atoms with E-state index in [1.54, 1.807) is 20.5 Å². The number of likely N-dealkylation sites (tertiary alicyclic amines) is 1. The number of hydrogen-bond donors (Lipinski definition) is 0. The zero-order valence-electron chi connectivity index (χ0n) is 19.5. The van der Waals surface area contributed by atoms with E-state index in [4.69, 9.17) is 13.9 Å². The summed E-state index contributed by atoms with van der Waals surface area (Å²) in [7, 11) is 3.30. The molecule has 2 aromatic heterocycles. The van der Waals surface area contributed by atoms with Crippen molar-refractivity contribution in [2.45, 2.75) is 50.4 Å². The van der Waals surface area contributed by atoms with Gasteiger partial charge in [0, 0.05) is 18.0 Å². The van der Waals surface area contributed by atoms with Crippen LogP contribution in [0.1, 0.15) is 55.8 Å². The first kappa shape index (κ1) is 23.2. The Balaban J connectivity index is 1.50. The van der Waals surface area contributed by atoms with Gasteiger partial charge in [-0.2, -0.15) is 0 Å². The molecule has 3 aromatic rings. The maximum absolute atomic E-state index is 13.3. The Bertz CT molecular complexity index is 1080. The zero-order chi connectivity index (χ0) is 23.4. The van der Waals surface area contributed by atoms with Crippen molar-refractivity contribution >= 4 is 17.7 Å². The molecule has 4 rings (SSSR count). The van der Waals surface area contributed by atoms with Gasteiger partial charge in [-0.25, -0.2) is 0 Å². The second-order valence-electron chi connectivity index (χ2n) is 8.30. The number of carbonyl (C=O) groups is 1.